The molecule has 0 aliphatic rings. The summed E-state index contributed by atoms with van der Waals surface area (Å²) >= 11 is 0. The molecule has 0 aromatic heterocycles. The highest BCUT2D eigenvalue weighted by molar-refractivity contribution is 5.67. The molecule has 0 aromatic rings. The molecule has 0 rings (SSSR count). The Bertz CT molecular complexity index is 206. The van der Waals surface area contributed by atoms with Crippen molar-refractivity contribution in [1.82, 2.24) is 5.32 Å². The fourth-order valence-electron chi connectivity index (χ4n) is 1.12. The van der Waals surface area contributed by atoms with Crippen molar-refractivity contribution in [3.8, 4) is 0 Å². The molecular formula is C10H19NO4. The molecule has 0 saturated heterocycles. The van der Waals surface area contributed by atoms with E-state index in [9.17, 15) is 9.59 Å². The molecule has 5 heteroatoms. The molecule has 2 N–H and O–H groups in total. The molecule has 0 saturated carbocycles. The van der Waals surface area contributed by atoms with Gasteiger partial charge in [0.05, 0.1) is 6.61 Å². The summed E-state index contributed by atoms with van der Waals surface area (Å²) in [6.45, 7) is 4.60. The smallest absolute Gasteiger partial charge is 0.407 e. The summed E-state index contributed by atoms with van der Waals surface area (Å²) < 4.78 is 4.68. The van der Waals surface area contributed by atoms with E-state index in [1.54, 1.807) is 6.92 Å². The second kappa shape index (κ2) is 8.08. The average molecular weight is 217 g/mol. The van der Waals surface area contributed by atoms with E-state index in [4.69, 9.17) is 5.11 Å². The van der Waals surface area contributed by atoms with Gasteiger partial charge in [-0.3, -0.25) is 4.79 Å². The first-order valence-corrected chi connectivity index (χ1v) is 5.18. The number of carbonyl (C=O) groups excluding carboxylic acids is 1. The number of carbonyl (C=O) groups is 2. The van der Waals surface area contributed by atoms with Crippen LogP contribution in [0.4, 0.5) is 4.79 Å². The molecule has 0 aliphatic heterocycles. The lowest BCUT2D eigenvalue weighted by molar-refractivity contribution is -0.137. The quantitative estimate of drug-likeness (QED) is 0.679. The van der Waals surface area contributed by atoms with E-state index in [2.05, 4.69) is 10.1 Å². The molecule has 1 amide bonds. The first-order valence-electron chi connectivity index (χ1n) is 5.18. The third-order valence-corrected chi connectivity index (χ3v) is 2.03. The van der Waals surface area contributed by atoms with Crippen molar-refractivity contribution >= 4 is 12.1 Å². The van der Waals surface area contributed by atoms with Crippen LogP contribution >= 0.6 is 0 Å². The summed E-state index contributed by atoms with van der Waals surface area (Å²) in [5, 5.41) is 11.0. The van der Waals surface area contributed by atoms with E-state index < -0.39 is 12.1 Å². The number of aliphatic carboxylic acids is 1. The zero-order chi connectivity index (χ0) is 11.7. The number of carboxylic acid groups (broad SMARTS) is 1. The van der Waals surface area contributed by atoms with Crippen LogP contribution in [0.15, 0.2) is 0 Å². The standard InChI is InChI=1S/C10H19NO4/c1-3-15-10(14)11-7-6-8(2)4-5-9(12)13/h8H,3-7H2,1-2H3,(H,11,14)(H,12,13). The molecule has 0 radical (unpaired) electrons. The van der Waals surface area contributed by atoms with Crippen molar-refractivity contribution in [3.05, 3.63) is 0 Å². The highest BCUT2D eigenvalue weighted by atomic mass is 16.5. The minimum absolute atomic E-state index is 0.181. The van der Waals surface area contributed by atoms with Gasteiger partial charge in [0, 0.05) is 13.0 Å². The minimum atomic E-state index is -0.778. The molecule has 0 spiro atoms. The summed E-state index contributed by atoms with van der Waals surface area (Å²) in [6.07, 6.45) is 1.18. The van der Waals surface area contributed by atoms with Gasteiger partial charge in [0.25, 0.3) is 0 Å². The van der Waals surface area contributed by atoms with Crippen molar-refractivity contribution in [2.24, 2.45) is 5.92 Å². The third kappa shape index (κ3) is 9.05. The lowest BCUT2D eigenvalue weighted by Crippen LogP contribution is -2.26. The van der Waals surface area contributed by atoms with Crippen LogP contribution in [0.5, 0.6) is 0 Å². The Balaban J connectivity index is 3.41. The average Bonchev–Trinajstić information content (AvgIpc) is 2.15. The first kappa shape index (κ1) is 13.7. The van der Waals surface area contributed by atoms with Crippen LogP contribution in [0.1, 0.15) is 33.1 Å². The largest absolute Gasteiger partial charge is 0.481 e. The molecular weight excluding hydrogens is 198 g/mol. The van der Waals surface area contributed by atoms with Crippen LogP contribution in [0, 0.1) is 5.92 Å². The number of hydrogen-bond acceptors (Lipinski definition) is 3. The topological polar surface area (TPSA) is 75.6 Å². The van der Waals surface area contributed by atoms with E-state index in [-0.39, 0.29) is 6.42 Å². The van der Waals surface area contributed by atoms with Gasteiger partial charge in [-0.25, -0.2) is 4.79 Å². The SMILES string of the molecule is CCOC(=O)NCCC(C)CCC(=O)O. The van der Waals surface area contributed by atoms with Gasteiger partial charge in [-0.2, -0.15) is 0 Å². The fraction of sp³-hybridized carbons (Fsp3) is 0.800. The summed E-state index contributed by atoms with van der Waals surface area (Å²) in [7, 11) is 0. The van der Waals surface area contributed by atoms with Gasteiger partial charge in [0.1, 0.15) is 0 Å². The third-order valence-electron chi connectivity index (χ3n) is 2.03. The van der Waals surface area contributed by atoms with Crippen LogP contribution in [0.3, 0.4) is 0 Å². The maximum absolute atomic E-state index is 10.9. The molecule has 1 atom stereocenters. The monoisotopic (exact) mass is 217 g/mol. The van der Waals surface area contributed by atoms with E-state index in [1.807, 2.05) is 6.92 Å². The molecule has 0 fully saturated rings. The van der Waals surface area contributed by atoms with E-state index in [0.717, 1.165) is 6.42 Å². The van der Waals surface area contributed by atoms with Crippen molar-refractivity contribution in [2.75, 3.05) is 13.2 Å². The Kier molecular flexibility index (Phi) is 7.40. The molecule has 5 nitrogen and oxygen atoms in total. The van der Waals surface area contributed by atoms with Gasteiger partial charge in [-0.15, -0.1) is 0 Å². The van der Waals surface area contributed by atoms with Crippen LogP contribution in [0.2, 0.25) is 0 Å². The normalized spacial score (nSPS) is 11.9. The predicted octanol–water partition coefficient (Wildman–Crippen LogP) is 1.62. The molecule has 1 unspecified atom stereocenters. The summed E-state index contributed by atoms with van der Waals surface area (Å²) in [6, 6.07) is 0. The van der Waals surface area contributed by atoms with Crippen molar-refractivity contribution in [1.29, 1.82) is 0 Å². The van der Waals surface area contributed by atoms with Crippen molar-refractivity contribution in [2.45, 2.75) is 33.1 Å². The highest BCUT2D eigenvalue weighted by Gasteiger charge is 2.06. The summed E-state index contributed by atoms with van der Waals surface area (Å²) in [4.78, 5) is 21.1. The predicted molar refractivity (Wildman–Crippen MR) is 55.7 cm³/mol. The number of rotatable bonds is 7. The summed E-state index contributed by atoms with van der Waals surface area (Å²) in [5.41, 5.74) is 0. The molecule has 15 heavy (non-hydrogen) atoms. The number of ether oxygens (including phenoxy) is 1. The van der Waals surface area contributed by atoms with Gasteiger partial charge in [0.2, 0.25) is 0 Å². The van der Waals surface area contributed by atoms with Crippen LogP contribution in [-0.4, -0.2) is 30.3 Å². The highest BCUT2D eigenvalue weighted by Crippen LogP contribution is 2.08. The number of alkyl carbamates (subject to hydrolysis) is 1. The molecule has 0 aliphatic carbocycles. The fourth-order valence-corrected chi connectivity index (χ4v) is 1.12. The van der Waals surface area contributed by atoms with Crippen molar-refractivity contribution < 1.29 is 19.4 Å². The van der Waals surface area contributed by atoms with Gasteiger partial charge in [-0.1, -0.05) is 6.92 Å². The number of amides is 1. The van der Waals surface area contributed by atoms with Gasteiger partial charge in [0.15, 0.2) is 0 Å². The lowest BCUT2D eigenvalue weighted by atomic mass is 10.0. The Morgan fingerprint density at radius 3 is 2.60 bits per heavy atom. The Morgan fingerprint density at radius 1 is 1.40 bits per heavy atom. The maximum atomic E-state index is 10.9. The molecule has 0 aromatic carbocycles. The number of nitrogens with one attached hydrogen (secondary N) is 1. The van der Waals surface area contributed by atoms with Crippen molar-refractivity contribution in [3.63, 3.8) is 0 Å². The molecule has 0 heterocycles. The van der Waals surface area contributed by atoms with Crippen LogP contribution in [-0.2, 0) is 9.53 Å². The van der Waals surface area contributed by atoms with Crippen LogP contribution < -0.4 is 5.32 Å². The van der Waals surface area contributed by atoms with E-state index >= 15 is 0 Å². The van der Waals surface area contributed by atoms with Gasteiger partial charge in [-0.05, 0) is 25.7 Å². The number of hydrogen-bond donors (Lipinski definition) is 2. The molecule has 0 bridgehead atoms. The van der Waals surface area contributed by atoms with Gasteiger partial charge >= 0.3 is 12.1 Å². The minimum Gasteiger partial charge on any atom is -0.481 e. The zero-order valence-electron chi connectivity index (χ0n) is 9.28. The Hall–Kier alpha value is -1.26. The lowest BCUT2D eigenvalue weighted by Gasteiger charge is -2.10. The second-order valence-corrected chi connectivity index (χ2v) is 3.47. The van der Waals surface area contributed by atoms with E-state index in [0.29, 0.717) is 25.5 Å². The summed E-state index contributed by atoms with van der Waals surface area (Å²) in [5.74, 6) is -0.483. The Morgan fingerprint density at radius 2 is 2.07 bits per heavy atom. The van der Waals surface area contributed by atoms with Gasteiger partial charge < -0.3 is 15.2 Å². The Labute approximate surface area is 89.8 Å². The maximum Gasteiger partial charge on any atom is 0.407 e. The van der Waals surface area contributed by atoms with E-state index in [1.165, 1.54) is 0 Å². The second-order valence-electron chi connectivity index (χ2n) is 3.47. The first-order chi connectivity index (χ1) is 7.06. The zero-order valence-corrected chi connectivity index (χ0v) is 9.28. The number of carboxylic acids is 1. The molecule has 88 valence electrons. The van der Waals surface area contributed by atoms with Crippen LogP contribution in [0.25, 0.3) is 0 Å².